The molecule has 4 heterocycles. The van der Waals surface area contributed by atoms with Gasteiger partial charge >= 0.3 is 6.18 Å². The number of amides is 1. The highest BCUT2D eigenvalue weighted by Gasteiger charge is 2.37. The van der Waals surface area contributed by atoms with Gasteiger partial charge in [-0.25, -0.2) is 9.50 Å². The molecule has 1 aliphatic heterocycles. The van der Waals surface area contributed by atoms with Gasteiger partial charge in [0.25, 0.3) is 5.91 Å². The Hall–Kier alpha value is -3.93. The van der Waals surface area contributed by atoms with Gasteiger partial charge in [-0.2, -0.15) is 23.4 Å². The summed E-state index contributed by atoms with van der Waals surface area (Å²) in [5.41, 5.74) is 8.14. The second-order valence-electron chi connectivity index (χ2n) is 8.70. The van der Waals surface area contributed by atoms with Gasteiger partial charge in [0, 0.05) is 29.6 Å². The SMILES string of the molecule is CC1(C)OCCN(c2cccc(-c3cc(-c4ccnn4CC(F)(F)F)c4c(N)ncnn34)c2)C1=O. The lowest BCUT2D eigenvalue weighted by atomic mass is 10.0. The van der Waals surface area contributed by atoms with Crippen molar-refractivity contribution >= 4 is 22.9 Å². The molecular formula is C23H22F3N7O2. The van der Waals surface area contributed by atoms with Crippen LogP contribution in [0.15, 0.2) is 48.9 Å². The molecule has 0 atom stereocenters. The van der Waals surface area contributed by atoms with Crippen LogP contribution < -0.4 is 10.6 Å². The van der Waals surface area contributed by atoms with Crippen molar-refractivity contribution in [2.24, 2.45) is 0 Å². The van der Waals surface area contributed by atoms with Gasteiger partial charge in [-0.1, -0.05) is 12.1 Å². The summed E-state index contributed by atoms with van der Waals surface area (Å²) in [6, 6.07) is 10.5. The van der Waals surface area contributed by atoms with Crippen molar-refractivity contribution in [3.8, 4) is 22.5 Å². The van der Waals surface area contributed by atoms with E-state index in [1.807, 2.05) is 18.2 Å². The number of ether oxygens (including phenoxy) is 1. The molecule has 0 bridgehead atoms. The van der Waals surface area contributed by atoms with E-state index >= 15 is 0 Å². The largest absolute Gasteiger partial charge is 0.408 e. The minimum absolute atomic E-state index is 0.113. The van der Waals surface area contributed by atoms with Crippen LogP contribution in [0, 0.1) is 0 Å². The van der Waals surface area contributed by atoms with E-state index in [0.29, 0.717) is 41.2 Å². The third kappa shape index (κ3) is 4.09. The number of nitrogens with zero attached hydrogens (tertiary/aromatic N) is 6. The molecule has 182 valence electrons. The summed E-state index contributed by atoms with van der Waals surface area (Å²) in [7, 11) is 0. The van der Waals surface area contributed by atoms with Gasteiger partial charge in [-0.3, -0.25) is 9.48 Å². The lowest BCUT2D eigenvalue weighted by molar-refractivity contribution is -0.144. The summed E-state index contributed by atoms with van der Waals surface area (Å²) in [4.78, 5) is 18.6. The first-order chi connectivity index (χ1) is 16.5. The summed E-state index contributed by atoms with van der Waals surface area (Å²) in [6.07, 6.45) is -1.87. The minimum atomic E-state index is -4.45. The number of anilines is 2. The predicted molar refractivity (Wildman–Crippen MR) is 122 cm³/mol. The first-order valence-electron chi connectivity index (χ1n) is 10.8. The fourth-order valence-electron chi connectivity index (χ4n) is 4.29. The van der Waals surface area contributed by atoms with Gasteiger partial charge in [0.1, 0.15) is 24.0 Å². The monoisotopic (exact) mass is 485 g/mol. The van der Waals surface area contributed by atoms with E-state index < -0.39 is 18.3 Å². The number of benzene rings is 1. The molecule has 0 radical (unpaired) electrons. The topological polar surface area (TPSA) is 104 Å². The van der Waals surface area contributed by atoms with Crippen molar-refractivity contribution in [3.63, 3.8) is 0 Å². The first-order valence-corrected chi connectivity index (χ1v) is 10.8. The third-order valence-electron chi connectivity index (χ3n) is 5.90. The molecule has 4 aromatic rings. The smallest absolute Gasteiger partial charge is 0.382 e. The van der Waals surface area contributed by atoms with Crippen LogP contribution in [0.1, 0.15) is 13.8 Å². The Morgan fingerprint density at radius 2 is 1.94 bits per heavy atom. The second-order valence-corrected chi connectivity index (χ2v) is 8.70. The fourth-order valence-corrected chi connectivity index (χ4v) is 4.29. The van der Waals surface area contributed by atoms with Gasteiger partial charge in [0.05, 0.1) is 18.0 Å². The van der Waals surface area contributed by atoms with E-state index in [0.717, 1.165) is 4.68 Å². The Kier molecular flexibility index (Phi) is 5.28. The molecule has 1 saturated heterocycles. The molecule has 1 aliphatic rings. The van der Waals surface area contributed by atoms with E-state index in [1.54, 1.807) is 30.9 Å². The summed E-state index contributed by atoms with van der Waals surface area (Å²) >= 11 is 0. The number of morpholine rings is 1. The molecule has 12 heteroatoms. The Morgan fingerprint density at radius 1 is 1.14 bits per heavy atom. The fraction of sp³-hybridized carbons (Fsp3) is 0.304. The maximum atomic E-state index is 13.1. The summed E-state index contributed by atoms with van der Waals surface area (Å²) < 4.78 is 47.4. The standard InChI is InChI=1S/C23H22F3N7O2/c1-22(2)21(34)31(8-9-35-22)15-5-3-4-14(10-15)18-11-16(19-20(27)28-13-30-33(18)19)17-6-7-29-32(17)12-23(24,25)26/h3-7,10-11,13H,8-9,12H2,1-2H3,(H2,27,28,30). The Labute approximate surface area is 197 Å². The molecule has 35 heavy (non-hydrogen) atoms. The summed E-state index contributed by atoms with van der Waals surface area (Å²) in [6.45, 7) is 3.00. The van der Waals surface area contributed by atoms with Gasteiger partial charge in [0.15, 0.2) is 5.82 Å². The zero-order valence-corrected chi connectivity index (χ0v) is 19.0. The Balaban J connectivity index is 1.64. The second kappa shape index (κ2) is 8.08. The first kappa shape index (κ1) is 22.8. The molecule has 3 aromatic heterocycles. The van der Waals surface area contributed by atoms with Crippen molar-refractivity contribution in [3.05, 3.63) is 48.9 Å². The summed E-state index contributed by atoms with van der Waals surface area (Å²) in [5.74, 6) is -0.0495. The van der Waals surface area contributed by atoms with E-state index in [1.165, 1.54) is 23.1 Å². The van der Waals surface area contributed by atoms with Crippen LogP contribution in [0.4, 0.5) is 24.7 Å². The van der Waals surface area contributed by atoms with Crippen molar-refractivity contribution in [1.82, 2.24) is 24.4 Å². The number of fused-ring (bicyclic) bond motifs is 1. The molecule has 0 aliphatic carbocycles. The zero-order valence-electron chi connectivity index (χ0n) is 19.0. The normalized spacial score (nSPS) is 16.3. The lowest BCUT2D eigenvalue weighted by Gasteiger charge is -2.37. The number of nitrogens with two attached hydrogens (primary N) is 1. The molecular weight excluding hydrogens is 463 g/mol. The predicted octanol–water partition coefficient (Wildman–Crippen LogP) is 3.55. The van der Waals surface area contributed by atoms with Crippen LogP contribution in [-0.2, 0) is 16.1 Å². The molecule has 0 saturated carbocycles. The molecule has 0 spiro atoms. The number of nitrogen functional groups attached to an aromatic ring is 1. The van der Waals surface area contributed by atoms with Crippen LogP contribution in [0.25, 0.3) is 28.0 Å². The maximum absolute atomic E-state index is 13.1. The lowest BCUT2D eigenvalue weighted by Crippen LogP contribution is -2.53. The highest BCUT2D eigenvalue weighted by molar-refractivity contribution is 6.00. The molecule has 1 fully saturated rings. The molecule has 0 unspecified atom stereocenters. The average Bonchev–Trinajstić information content (AvgIpc) is 3.39. The van der Waals surface area contributed by atoms with Crippen molar-refractivity contribution < 1.29 is 22.7 Å². The van der Waals surface area contributed by atoms with Crippen molar-refractivity contribution in [2.75, 3.05) is 23.8 Å². The van der Waals surface area contributed by atoms with Gasteiger partial charge < -0.3 is 15.4 Å². The van der Waals surface area contributed by atoms with Crippen LogP contribution >= 0.6 is 0 Å². The number of aromatic nitrogens is 5. The number of hydrogen-bond donors (Lipinski definition) is 1. The number of carbonyl (C=O) groups is 1. The summed E-state index contributed by atoms with van der Waals surface area (Å²) in [5, 5.41) is 8.15. The van der Waals surface area contributed by atoms with Crippen LogP contribution in [0.5, 0.6) is 0 Å². The Morgan fingerprint density at radius 3 is 2.71 bits per heavy atom. The molecule has 2 N–H and O–H groups in total. The van der Waals surface area contributed by atoms with Gasteiger partial charge in [-0.05, 0) is 38.1 Å². The maximum Gasteiger partial charge on any atom is 0.408 e. The number of halogens is 3. The van der Waals surface area contributed by atoms with Gasteiger partial charge in [0.2, 0.25) is 0 Å². The molecule has 1 aromatic carbocycles. The highest BCUT2D eigenvalue weighted by Crippen LogP contribution is 2.36. The van der Waals surface area contributed by atoms with Crippen LogP contribution in [-0.4, -0.2) is 55.2 Å². The van der Waals surface area contributed by atoms with Crippen molar-refractivity contribution in [1.29, 1.82) is 0 Å². The average molecular weight is 485 g/mol. The van der Waals surface area contributed by atoms with Gasteiger partial charge in [-0.15, -0.1) is 0 Å². The zero-order chi connectivity index (χ0) is 25.0. The number of alkyl halides is 3. The number of hydrogen-bond acceptors (Lipinski definition) is 6. The van der Waals surface area contributed by atoms with Crippen LogP contribution in [0.3, 0.4) is 0 Å². The molecule has 5 rings (SSSR count). The Bertz CT molecular complexity index is 1420. The van der Waals surface area contributed by atoms with E-state index in [4.69, 9.17) is 10.5 Å². The highest BCUT2D eigenvalue weighted by atomic mass is 19.4. The third-order valence-corrected chi connectivity index (χ3v) is 5.90. The van der Waals surface area contributed by atoms with E-state index in [2.05, 4.69) is 15.2 Å². The number of carbonyl (C=O) groups excluding carboxylic acids is 1. The van der Waals surface area contributed by atoms with E-state index in [9.17, 15) is 18.0 Å². The molecule has 9 nitrogen and oxygen atoms in total. The van der Waals surface area contributed by atoms with Crippen molar-refractivity contribution in [2.45, 2.75) is 32.2 Å². The number of rotatable bonds is 4. The quantitative estimate of drug-likeness (QED) is 0.474. The molecule has 1 amide bonds. The van der Waals surface area contributed by atoms with E-state index in [-0.39, 0.29) is 17.4 Å². The minimum Gasteiger partial charge on any atom is -0.382 e. The van der Waals surface area contributed by atoms with Crippen LogP contribution in [0.2, 0.25) is 0 Å².